The summed E-state index contributed by atoms with van der Waals surface area (Å²) in [5, 5.41) is 10.7. The van der Waals surface area contributed by atoms with Gasteiger partial charge in [0.05, 0.1) is 12.7 Å². The molecule has 0 unspecified atom stereocenters. The normalized spacial score (nSPS) is 9.57. The Balaban J connectivity index is 3.08. The maximum Gasteiger partial charge on any atom is 0.215 e. The van der Waals surface area contributed by atoms with Gasteiger partial charge in [-0.25, -0.2) is 0 Å². The summed E-state index contributed by atoms with van der Waals surface area (Å²) in [4.78, 5) is 0. The number of rotatable bonds is 3. The van der Waals surface area contributed by atoms with E-state index < -0.39 is 0 Å². The van der Waals surface area contributed by atoms with Gasteiger partial charge >= 0.3 is 0 Å². The van der Waals surface area contributed by atoms with Crippen LogP contribution < -0.4 is 11.1 Å². The third-order valence-corrected chi connectivity index (χ3v) is 1.86. The van der Waals surface area contributed by atoms with Gasteiger partial charge in [0, 0.05) is 17.9 Å². The Morgan fingerprint density at radius 3 is 2.86 bits per heavy atom. The largest absolute Gasteiger partial charge is 0.481 e. The zero-order valence-electron chi connectivity index (χ0n) is 8.42. The highest BCUT2D eigenvalue weighted by molar-refractivity contribution is 5.98. The molecular weight excluding hydrogens is 178 g/mol. The van der Waals surface area contributed by atoms with Crippen LogP contribution in [-0.2, 0) is 4.74 Å². The van der Waals surface area contributed by atoms with Gasteiger partial charge in [0.1, 0.15) is 0 Å². The average Bonchev–Trinajstić information content (AvgIpc) is 2.20. The molecule has 1 aromatic rings. The Hall–Kier alpha value is -1.71. The van der Waals surface area contributed by atoms with Crippen molar-refractivity contribution in [3.05, 3.63) is 23.8 Å². The molecule has 1 rings (SSSR count). The molecule has 0 spiro atoms. The third-order valence-electron chi connectivity index (χ3n) is 1.86. The topological polar surface area (TPSA) is 71.1 Å². The number of ether oxygens (including phenoxy) is 1. The van der Waals surface area contributed by atoms with Gasteiger partial charge in [0.25, 0.3) is 0 Å². The molecule has 0 aliphatic heterocycles. The van der Waals surface area contributed by atoms with Crippen LogP contribution in [0.4, 0.5) is 11.4 Å². The molecule has 14 heavy (non-hydrogen) atoms. The van der Waals surface area contributed by atoms with E-state index in [0.29, 0.717) is 11.3 Å². The number of hydrogen-bond donors (Lipinski definition) is 3. The second-order valence-electron chi connectivity index (χ2n) is 2.87. The Bertz CT molecular complexity index is 336. The van der Waals surface area contributed by atoms with E-state index in [9.17, 15) is 0 Å². The van der Waals surface area contributed by atoms with Crippen molar-refractivity contribution >= 4 is 17.3 Å². The van der Waals surface area contributed by atoms with Gasteiger partial charge in [-0.3, -0.25) is 5.41 Å². The summed E-state index contributed by atoms with van der Waals surface area (Å²) in [5.74, 6) is 0.119. The summed E-state index contributed by atoms with van der Waals surface area (Å²) in [7, 11) is 1.47. The summed E-state index contributed by atoms with van der Waals surface area (Å²) in [6.45, 7) is 2.80. The fourth-order valence-corrected chi connectivity index (χ4v) is 1.20. The van der Waals surface area contributed by atoms with E-state index in [4.69, 9.17) is 15.9 Å². The van der Waals surface area contributed by atoms with Crippen LogP contribution in [0.5, 0.6) is 0 Å². The minimum Gasteiger partial charge on any atom is -0.481 e. The number of nitrogens with one attached hydrogen (secondary N) is 2. The molecule has 4 heteroatoms. The first kappa shape index (κ1) is 10.4. The number of benzene rings is 1. The van der Waals surface area contributed by atoms with E-state index in [1.807, 2.05) is 13.0 Å². The quantitative estimate of drug-likeness (QED) is 0.388. The van der Waals surface area contributed by atoms with E-state index in [1.54, 1.807) is 12.1 Å². The fraction of sp³-hybridized carbons (Fsp3) is 0.300. The zero-order valence-corrected chi connectivity index (χ0v) is 8.42. The van der Waals surface area contributed by atoms with Crippen LogP contribution in [0.2, 0.25) is 0 Å². The van der Waals surface area contributed by atoms with Crippen molar-refractivity contribution in [3.63, 3.8) is 0 Å². The molecule has 1 aromatic carbocycles. The molecular formula is C10H15N3O. The minimum absolute atomic E-state index is 0.119. The molecule has 76 valence electrons. The van der Waals surface area contributed by atoms with Gasteiger partial charge in [-0.05, 0) is 25.1 Å². The predicted molar refractivity (Wildman–Crippen MR) is 58.9 cm³/mol. The Morgan fingerprint density at radius 2 is 2.29 bits per heavy atom. The molecule has 4 nitrogen and oxygen atoms in total. The van der Waals surface area contributed by atoms with Crippen LogP contribution >= 0.6 is 0 Å². The first-order valence-electron chi connectivity index (χ1n) is 4.45. The van der Waals surface area contributed by atoms with E-state index in [0.717, 1.165) is 12.2 Å². The lowest BCUT2D eigenvalue weighted by atomic mass is 10.1. The van der Waals surface area contributed by atoms with Gasteiger partial charge in [-0.15, -0.1) is 0 Å². The SMILES string of the molecule is CCNc1ccc(N)cc1C(=N)OC. The predicted octanol–water partition coefficient (Wildman–Crippen LogP) is 1.67. The van der Waals surface area contributed by atoms with Crippen molar-refractivity contribution in [1.29, 1.82) is 5.41 Å². The van der Waals surface area contributed by atoms with Crippen molar-refractivity contribution in [2.75, 3.05) is 24.7 Å². The van der Waals surface area contributed by atoms with Gasteiger partial charge in [-0.1, -0.05) is 0 Å². The van der Waals surface area contributed by atoms with Crippen molar-refractivity contribution in [2.45, 2.75) is 6.92 Å². The molecule has 0 radical (unpaired) electrons. The molecule has 0 bridgehead atoms. The van der Waals surface area contributed by atoms with Crippen molar-refractivity contribution < 1.29 is 4.74 Å². The highest BCUT2D eigenvalue weighted by Gasteiger charge is 2.07. The molecule has 4 N–H and O–H groups in total. The van der Waals surface area contributed by atoms with Crippen molar-refractivity contribution in [1.82, 2.24) is 0 Å². The number of methoxy groups -OCH3 is 1. The molecule has 0 saturated carbocycles. The fourth-order valence-electron chi connectivity index (χ4n) is 1.20. The lowest BCUT2D eigenvalue weighted by Crippen LogP contribution is -2.08. The summed E-state index contributed by atoms with van der Waals surface area (Å²) in [6.07, 6.45) is 0. The maximum absolute atomic E-state index is 7.58. The summed E-state index contributed by atoms with van der Waals surface area (Å²) < 4.78 is 4.87. The van der Waals surface area contributed by atoms with Crippen LogP contribution in [0.15, 0.2) is 18.2 Å². The molecule has 0 aliphatic rings. The Kier molecular flexibility index (Phi) is 3.34. The van der Waals surface area contributed by atoms with E-state index in [-0.39, 0.29) is 5.90 Å². The second kappa shape index (κ2) is 4.50. The Morgan fingerprint density at radius 1 is 1.57 bits per heavy atom. The molecule has 0 amide bonds. The van der Waals surface area contributed by atoms with Crippen LogP contribution in [0.3, 0.4) is 0 Å². The van der Waals surface area contributed by atoms with Crippen LogP contribution in [0.1, 0.15) is 12.5 Å². The minimum atomic E-state index is 0.119. The van der Waals surface area contributed by atoms with Crippen molar-refractivity contribution in [2.24, 2.45) is 0 Å². The van der Waals surface area contributed by atoms with Gasteiger partial charge in [-0.2, -0.15) is 0 Å². The van der Waals surface area contributed by atoms with E-state index >= 15 is 0 Å². The number of hydrogen-bond acceptors (Lipinski definition) is 4. The molecule has 0 saturated heterocycles. The molecule has 0 heterocycles. The monoisotopic (exact) mass is 193 g/mol. The van der Waals surface area contributed by atoms with Gasteiger partial charge < -0.3 is 15.8 Å². The van der Waals surface area contributed by atoms with E-state index in [1.165, 1.54) is 7.11 Å². The van der Waals surface area contributed by atoms with Gasteiger partial charge in [0.15, 0.2) is 0 Å². The van der Waals surface area contributed by atoms with Crippen LogP contribution in [-0.4, -0.2) is 19.6 Å². The lowest BCUT2D eigenvalue weighted by molar-refractivity contribution is 0.401. The molecule has 0 aliphatic carbocycles. The van der Waals surface area contributed by atoms with Crippen molar-refractivity contribution in [3.8, 4) is 0 Å². The highest BCUT2D eigenvalue weighted by atomic mass is 16.5. The first-order valence-corrected chi connectivity index (χ1v) is 4.45. The Labute approximate surface area is 83.6 Å². The molecule has 0 atom stereocenters. The third kappa shape index (κ3) is 2.16. The molecule has 0 fully saturated rings. The van der Waals surface area contributed by atoms with Gasteiger partial charge in [0.2, 0.25) is 5.90 Å². The maximum atomic E-state index is 7.58. The second-order valence-corrected chi connectivity index (χ2v) is 2.87. The highest BCUT2D eigenvalue weighted by Crippen LogP contribution is 2.19. The summed E-state index contributed by atoms with van der Waals surface area (Å²) in [5.41, 5.74) is 7.82. The lowest BCUT2D eigenvalue weighted by Gasteiger charge is -2.11. The first-order chi connectivity index (χ1) is 6.69. The smallest absolute Gasteiger partial charge is 0.215 e. The summed E-state index contributed by atoms with van der Waals surface area (Å²) in [6, 6.07) is 5.37. The summed E-state index contributed by atoms with van der Waals surface area (Å²) >= 11 is 0. The van der Waals surface area contributed by atoms with E-state index in [2.05, 4.69) is 5.32 Å². The average molecular weight is 193 g/mol. The molecule has 0 aromatic heterocycles. The van der Waals surface area contributed by atoms with Crippen LogP contribution in [0.25, 0.3) is 0 Å². The number of nitrogen functional groups attached to an aromatic ring is 1. The zero-order chi connectivity index (χ0) is 10.6. The van der Waals surface area contributed by atoms with Crippen LogP contribution in [0, 0.1) is 5.41 Å². The number of nitrogens with two attached hydrogens (primary N) is 1. The standard InChI is InChI=1S/C10H15N3O/c1-3-13-9-5-4-7(11)6-8(9)10(12)14-2/h4-6,12-13H,3,11H2,1-2H3. The number of anilines is 2.